The number of rotatable bonds is 2. The number of aromatic nitrogens is 2. The van der Waals surface area contributed by atoms with Crippen LogP contribution in [-0.4, -0.2) is 43.9 Å². The molecule has 102 valence electrons. The lowest BCUT2D eigenvalue weighted by atomic mass is 10.2. The Labute approximate surface area is 116 Å². The van der Waals surface area contributed by atoms with Gasteiger partial charge in [0.05, 0.1) is 6.33 Å². The molecule has 1 aromatic rings. The fourth-order valence-electron chi connectivity index (χ4n) is 2.73. The van der Waals surface area contributed by atoms with Crippen molar-refractivity contribution in [3.05, 3.63) is 27.9 Å². The summed E-state index contributed by atoms with van der Waals surface area (Å²) < 4.78 is 1.42. The Morgan fingerprint density at radius 2 is 2.32 bits per heavy atom. The first kappa shape index (κ1) is 12.7. The zero-order valence-electron chi connectivity index (χ0n) is 11.1. The van der Waals surface area contributed by atoms with Gasteiger partial charge in [0.2, 0.25) is 5.91 Å². The van der Waals surface area contributed by atoms with E-state index in [2.05, 4.69) is 4.98 Å². The van der Waals surface area contributed by atoms with Crippen molar-refractivity contribution >= 4 is 17.7 Å². The summed E-state index contributed by atoms with van der Waals surface area (Å²) in [6.45, 7) is 4.50. The van der Waals surface area contributed by atoms with E-state index in [1.165, 1.54) is 10.9 Å². The fourth-order valence-corrected chi connectivity index (χ4v) is 4.16. The number of likely N-dealkylation sites (tertiary alicyclic amines) is 1. The van der Waals surface area contributed by atoms with E-state index >= 15 is 0 Å². The smallest absolute Gasteiger partial charge is 0.256 e. The highest BCUT2D eigenvalue weighted by molar-refractivity contribution is 8.00. The second-order valence-corrected chi connectivity index (χ2v) is 6.61. The Bertz CT molecular complexity index is 584. The molecule has 2 aliphatic rings. The van der Waals surface area contributed by atoms with Gasteiger partial charge in [-0.2, -0.15) is 11.8 Å². The summed E-state index contributed by atoms with van der Waals surface area (Å²) in [7, 11) is 0. The highest BCUT2D eigenvalue weighted by Crippen LogP contribution is 2.37. The van der Waals surface area contributed by atoms with Crippen molar-refractivity contribution in [2.75, 3.05) is 12.3 Å². The second-order valence-electron chi connectivity index (χ2n) is 5.28. The van der Waals surface area contributed by atoms with Gasteiger partial charge >= 0.3 is 0 Å². The quantitative estimate of drug-likeness (QED) is 0.794. The van der Waals surface area contributed by atoms with Crippen LogP contribution in [0, 0.1) is 13.8 Å². The van der Waals surface area contributed by atoms with E-state index in [0.29, 0.717) is 16.9 Å². The molecule has 5 nitrogen and oxygen atoms in total. The topological polar surface area (TPSA) is 55.2 Å². The Kier molecular flexibility index (Phi) is 3.12. The molecule has 19 heavy (non-hydrogen) atoms. The Balaban J connectivity index is 1.77. The van der Waals surface area contributed by atoms with Gasteiger partial charge in [0.25, 0.3) is 5.56 Å². The molecule has 2 unspecified atom stereocenters. The largest absolute Gasteiger partial charge is 0.336 e. The number of carbonyl (C=O) groups excluding carboxylic acids is 1. The van der Waals surface area contributed by atoms with Crippen LogP contribution in [-0.2, 0) is 11.3 Å². The molecule has 0 spiro atoms. The molecule has 3 heterocycles. The summed E-state index contributed by atoms with van der Waals surface area (Å²) in [4.78, 5) is 30.4. The molecule has 6 heteroatoms. The van der Waals surface area contributed by atoms with E-state index in [1.54, 1.807) is 13.8 Å². The summed E-state index contributed by atoms with van der Waals surface area (Å²) in [5.41, 5.74) is 1.23. The first-order valence-corrected chi connectivity index (χ1v) is 7.55. The van der Waals surface area contributed by atoms with Crippen LogP contribution in [0.15, 0.2) is 11.1 Å². The van der Waals surface area contributed by atoms with Gasteiger partial charge in [-0.1, -0.05) is 0 Å². The van der Waals surface area contributed by atoms with Crippen LogP contribution in [0.1, 0.15) is 17.7 Å². The summed E-state index contributed by atoms with van der Waals surface area (Å²) in [5.74, 6) is 1.08. The number of amides is 1. The molecule has 1 aromatic heterocycles. The van der Waals surface area contributed by atoms with E-state index in [4.69, 9.17) is 0 Å². The zero-order chi connectivity index (χ0) is 13.6. The maximum atomic E-state index is 12.3. The Morgan fingerprint density at radius 3 is 2.95 bits per heavy atom. The molecule has 2 fully saturated rings. The second kappa shape index (κ2) is 4.67. The number of carbonyl (C=O) groups is 1. The average Bonchev–Trinajstić information content (AvgIpc) is 3.02. The van der Waals surface area contributed by atoms with Gasteiger partial charge in [0.1, 0.15) is 6.54 Å². The van der Waals surface area contributed by atoms with Crippen molar-refractivity contribution < 1.29 is 4.79 Å². The number of thioether (sulfide) groups is 1. The van der Waals surface area contributed by atoms with Crippen LogP contribution >= 0.6 is 11.8 Å². The van der Waals surface area contributed by atoms with Crippen molar-refractivity contribution in [2.24, 2.45) is 0 Å². The Morgan fingerprint density at radius 1 is 1.53 bits per heavy atom. The third kappa shape index (κ3) is 2.18. The maximum Gasteiger partial charge on any atom is 0.256 e. The minimum atomic E-state index is -0.111. The molecule has 3 rings (SSSR count). The van der Waals surface area contributed by atoms with Crippen LogP contribution in [0.25, 0.3) is 0 Å². The van der Waals surface area contributed by atoms with E-state index in [0.717, 1.165) is 24.4 Å². The highest BCUT2D eigenvalue weighted by atomic mass is 32.2. The first-order chi connectivity index (χ1) is 9.06. The molecule has 0 aromatic carbocycles. The first-order valence-electron chi connectivity index (χ1n) is 6.50. The standard InChI is InChI=1S/C13H17N3O2S/c1-8-9(2)14-7-15(13(8)18)5-12(17)16-4-11-3-10(16)6-19-11/h7,10-11H,3-6H2,1-2H3. The summed E-state index contributed by atoms with van der Waals surface area (Å²) in [6.07, 6.45) is 2.59. The van der Waals surface area contributed by atoms with Gasteiger partial charge in [-0.15, -0.1) is 0 Å². The van der Waals surface area contributed by atoms with Crippen LogP contribution in [0.3, 0.4) is 0 Å². The molecule has 0 saturated carbocycles. The van der Waals surface area contributed by atoms with Crippen molar-refractivity contribution in [1.29, 1.82) is 0 Å². The van der Waals surface area contributed by atoms with Crippen molar-refractivity contribution in [2.45, 2.75) is 38.1 Å². The molecule has 0 radical (unpaired) electrons. The number of hydrogen-bond donors (Lipinski definition) is 0. The van der Waals surface area contributed by atoms with Crippen molar-refractivity contribution in [3.8, 4) is 0 Å². The number of fused-ring (bicyclic) bond motifs is 2. The van der Waals surface area contributed by atoms with E-state index < -0.39 is 0 Å². The molecular weight excluding hydrogens is 262 g/mol. The zero-order valence-corrected chi connectivity index (χ0v) is 11.9. The average molecular weight is 279 g/mol. The fraction of sp³-hybridized carbons (Fsp3) is 0.615. The molecule has 1 amide bonds. The van der Waals surface area contributed by atoms with Crippen molar-refractivity contribution in [3.63, 3.8) is 0 Å². The summed E-state index contributed by atoms with van der Waals surface area (Å²) in [6, 6.07) is 0.373. The third-order valence-electron chi connectivity index (χ3n) is 4.04. The predicted octanol–water partition coefficient (Wildman–Crippen LogP) is 0.576. The monoisotopic (exact) mass is 279 g/mol. The SMILES string of the molecule is Cc1ncn(CC(=O)N2CC3CC2CS3)c(=O)c1C. The lowest BCUT2D eigenvalue weighted by molar-refractivity contribution is -0.132. The van der Waals surface area contributed by atoms with Gasteiger partial charge in [-0.05, 0) is 20.3 Å². The number of hydrogen-bond acceptors (Lipinski definition) is 4. The van der Waals surface area contributed by atoms with Gasteiger partial charge in [0, 0.05) is 34.8 Å². The lowest BCUT2D eigenvalue weighted by Gasteiger charge is -2.26. The van der Waals surface area contributed by atoms with Gasteiger partial charge < -0.3 is 4.90 Å². The van der Waals surface area contributed by atoms with Gasteiger partial charge in [-0.25, -0.2) is 4.98 Å². The van der Waals surface area contributed by atoms with E-state index in [1.807, 2.05) is 16.7 Å². The minimum absolute atomic E-state index is 0.0416. The third-order valence-corrected chi connectivity index (χ3v) is 5.43. The summed E-state index contributed by atoms with van der Waals surface area (Å²) >= 11 is 1.95. The lowest BCUT2D eigenvalue weighted by Crippen LogP contribution is -2.42. The number of aryl methyl sites for hydroxylation is 1. The highest BCUT2D eigenvalue weighted by Gasteiger charge is 2.40. The Hall–Kier alpha value is -1.30. The van der Waals surface area contributed by atoms with E-state index in [-0.39, 0.29) is 18.0 Å². The minimum Gasteiger partial charge on any atom is -0.336 e. The van der Waals surface area contributed by atoms with Crippen LogP contribution in [0.2, 0.25) is 0 Å². The van der Waals surface area contributed by atoms with Gasteiger partial charge in [-0.3, -0.25) is 14.2 Å². The normalized spacial score (nSPS) is 25.1. The molecular formula is C13H17N3O2S. The van der Waals surface area contributed by atoms with Crippen LogP contribution in [0.5, 0.6) is 0 Å². The summed E-state index contributed by atoms with van der Waals surface area (Å²) in [5, 5.41) is 0.601. The molecule has 0 aliphatic carbocycles. The molecule has 2 bridgehead atoms. The number of nitrogens with zero attached hydrogens (tertiary/aromatic N) is 3. The molecule has 2 saturated heterocycles. The predicted molar refractivity (Wildman–Crippen MR) is 74.3 cm³/mol. The van der Waals surface area contributed by atoms with Crippen LogP contribution in [0.4, 0.5) is 0 Å². The van der Waals surface area contributed by atoms with Gasteiger partial charge in [0.15, 0.2) is 0 Å². The van der Waals surface area contributed by atoms with Crippen molar-refractivity contribution in [1.82, 2.24) is 14.5 Å². The van der Waals surface area contributed by atoms with E-state index in [9.17, 15) is 9.59 Å². The molecule has 2 aliphatic heterocycles. The molecule has 2 atom stereocenters. The maximum absolute atomic E-state index is 12.3. The molecule has 0 N–H and O–H groups in total. The van der Waals surface area contributed by atoms with Crippen LogP contribution < -0.4 is 5.56 Å².